The molecule has 37 heavy (non-hydrogen) atoms. The number of halogens is 1. The van der Waals surface area contributed by atoms with Crippen LogP contribution in [0.3, 0.4) is 0 Å². The number of benzene rings is 2. The molecule has 2 amide bonds. The Hall–Kier alpha value is -3.71. The number of hydrogen-bond donors (Lipinski definition) is 1. The first-order valence-corrected chi connectivity index (χ1v) is 12.8. The number of alkyl halides is 1. The smallest absolute Gasteiger partial charge is 0.242 e. The van der Waals surface area contributed by atoms with Crippen LogP contribution in [-0.4, -0.2) is 59.2 Å². The third kappa shape index (κ3) is 6.74. The lowest BCUT2D eigenvalue weighted by Gasteiger charge is -2.28. The molecule has 2 heterocycles. The minimum Gasteiger partial charge on any atom is -0.467 e. The van der Waals surface area contributed by atoms with Crippen LogP contribution in [0.1, 0.15) is 23.8 Å². The summed E-state index contributed by atoms with van der Waals surface area (Å²) in [5.74, 6) is 0.148. The summed E-state index contributed by atoms with van der Waals surface area (Å²) in [5.41, 5.74) is 4.33. The number of carbonyl (C=O) groups excluding carboxylic acids is 2. The molecule has 7 nitrogen and oxygen atoms in total. The van der Waals surface area contributed by atoms with Crippen molar-refractivity contribution in [2.75, 3.05) is 32.1 Å². The van der Waals surface area contributed by atoms with Gasteiger partial charge in [0, 0.05) is 50.0 Å². The van der Waals surface area contributed by atoms with Crippen LogP contribution in [0.15, 0.2) is 77.5 Å². The van der Waals surface area contributed by atoms with E-state index in [9.17, 15) is 9.59 Å². The molecule has 4 aromatic rings. The summed E-state index contributed by atoms with van der Waals surface area (Å²) in [6, 6.07) is 19.8. The van der Waals surface area contributed by atoms with E-state index in [1.54, 1.807) is 25.3 Å². The second-order valence-corrected chi connectivity index (χ2v) is 10.0. The van der Waals surface area contributed by atoms with Gasteiger partial charge in [-0.2, -0.15) is 0 Å². The highest BCUT2D eigenvalue weighted by molar-refractivity contribution is 6.30. The van der Waals surface area contributed by atoms with Crippen molar-refractivity contribution in [3.05, 3.63) is 90.0 Å². The fourth-order valence-electron chi connectivity index (χ4n) is 4.32. The number of furan rings is 1. The Bertz CT molecular complexity index is 1310. The normalized spacial score (nSPS) is 11.9. The average Bonchev–Trinajstić information content (AvgIpc) is 3.55. The van der Waals surface area contributed by atoms with Crippen molar-refractivity contribution < 1.29 is 14.0 Å². The molecular weight excluding hydrogens is 488 g/mol. The molecule has 2 aromatic carbocycles. The van der Waals surface area contributed by atoms with Crippen LogP contribution in [0, 0.1) is 0 Å². The maximum absolute atomic E-state index is 13.7. The van der Waals surface area contributed by atoms with Crippen LogP contribution in [0.4, 0.5) is 5.69 Å². The standard InChI is InChI=1S/C29H33ClN4O3/c1-21(30)29(36)34(19-25-7-6-16-37-25)20-28(35)33(18-22-10-12-24(13-11-22)32(2)3)15-14-23-17-31-27-9-5-4-8-26(23)27/h4-13,16-17,21,31H,14-15,18-20H2,1-3H3. The number of fused-ring (bicyclic) bond motifs is 1. The molecule has 0 saturated carbocycles. The van der Waals surface area contributed by atoms with Gasteiger partial charge in [-0.15, -0.1) is 11.6 Å². The molecule has 1 unspecified atom stereocenters. The zero-order chi connectivity index (χ0) is 26.4. The second-order valence-electron chi connectivity index (χ2n) is 9.38. The number of para-hydroxylation sites is 1. The molecule has 0 saturated heterocycles. The Balaban J connectivity index is 1.54. The molecule has 1 N–H and O–H groups in total. The van der Waals surface area contributed by atoms with Crippen molar-refractivity contribution >= 4 is 40.0 Å². The van der Waals surface area contributed by atoms with Gasteiger partial charge >= 0.3 is 0 Å². The van der Waals surface area contributed by atoms with Gasteiger partial charge in [0.25, 0.3) is 0 Å². The fraction of sp³-hybridized carbons (Fsp3) is 0.310. The number of H-pyrrole nitrogens is 1. The van der Waals surface area contributed by atoms with Crippen molar-refractivity contribution in [1.82, 2.24) is 14.8 Å². The lowest BCUT2D eigenvalue weighted by molar-refractivity contribution is -0.141. The zero-order valence-corrected chi connectivity index (χ0v) is 22.2. The van der Waals surface area contributed by atoms with Crippen LogP contribution < -0.4 is 4.90 Å². The Kier molecular flexibility index (Phi) is 8.56. The van der Waals surface area contributed by atoms with E-state index >= 15 is 0 Å². The van der Waals surface area contributed by atoms with Gasteiger partial charge in [0.05, 0.1) is 12.8 Å². The Morgan fingerprint density at radius 1 is 0.973 bits per heavy atom. The molecule has 1 atom stereocenters. The highest BCUT2D eigenvalue weighted by Gasteiger charge is 2.25. The molecule has 2 aromatic heterocycles. The quantitative estimate of drug-likeness (QED) is 0.281. The molecular formula is C29H33ClN4O3. The average molecular weight is 521 g/mol. The van der Waals surface area contributed by atoms with Gasteiger partial charge in [-0.3, -0.25) is 9.59 Å². The number of nitrogens with one attached hydrogen (secondary N) is 1. The molecule has 0 radical (unpaired) electrons. The van der Waals surface area contributed by atoms with E-state index in [1.165, 1.54) is 4.90 Å². The summed E-state index contributed by atoms with van der Waals surface area (Å²) < 4.78 is 5.43. The number of carbonyl (C=O) groups is 2. The number of aromatic amines is 1. The number of anilines is 1. The van der Waals surface area contributed by atoms with Crippen molar-refractivity contribution in [3.8, 4) is 0 Å². The van der Waals surface area contributed by atoms with E-state index < -0.39 is 5.38 Å². The van der Waals surface area contributed by atoms with Crippen molar-refractivity contribution in [2.45, 2.75) is 31.8 Å². The zero-order valence-electron chi connectivity index (χ0n) is 21.5. The minimum atomic E-state index is -0.749. The lowest BCUT2D eigenvalue weighted by atomic mass is 10.1. The first-order valence-electron chi connectivity index (χ1n) is 12.4. The molecule has 0 fully saturated rings. The van der Waals surface area contributed by atoms with Crippen LogP contribution in [-0.2, 0) is 29.1 Å². The summed E-state index contributed by atoms with van der Waals surface area (Å²) in [5, 5.41) is 0.400. The summed E-state index contributed by atoms with van der Waals surface area (Å²) in [4.78, 5) is 35.1. The van der Waals surface area contributed by atoms with Crippen molar-refractivity contribution in [3.63, 3.8) is 0 Å². The topological polar surface area (TPSA) is 72.8 Å². The molecule has 8 heteroatoms. The van der Waals surface area contributed by atoms with E-state index in [2.05, 4.69) is 11.1 Å². The number of hydrogen-bond acceptors (Lipinski definition) is 4. The van der Waals surface area contributed by atoms with E-state index in [0.717, 1.165) is 27.7 Å². The van der Waals surface area contributed by atoms with Gasteiger partial charge in [0.15, 0.2) is 0 Å². The van der Waals surface area contributed by atoms with E-state index in [4.69, 9.17) is 16.0 Å². The summed E-state index contributed by atoms with van der Waals surface area (Å²) in [6.45, 7) is 2.66. The maximum atomic E-state index is 13.7. The van der Waals surface area contributed by atoms with Crippen LogP contribution >= 0.6 is 11.6 Å². The summed E-state index contributed by atoms with van der Waals surface area (Å²) >= 11 is 6.13. The number of nitrogens with zero attached hydrogens (tertiary/aromatic N) is 3. The molecule has 0 aliphatic carbocycles. The molecule has 0 aliphatic rings. The van der Waals surface area contributed by atoms with E-state index in [0.29, 0.717) is 25.3 Å². The minimum absolute atomic E-state index is 0.0831. The lowest BCUT2D eigenvalue weighted by Crippen LogP contribution is -2.44. The largest absolute Gasteiger partial charge is 0.467 e. The molecule has 4 rings (SSSR count). The maximum Gasteiger partial charge on any atom is 0.242 e. The van der Waals surface area contributed by atoms with Gasteiger partial charge in [0.1, 0.15) is 17.7 Å². The van der Waals surface area contributed by atoms with Gasteiger partial charge < -0.3 is 24.1 Å². The van der Waals surface area contributed by atoms with E-state index in [-0.39, 0.29) is 24.9 Å². The van der Waals surface area contributed by atoms with Crippen molar-refractivity contribution in [2.24, 2.45) is 0 Å². The Morgan fingerprint density at radius 2 is 1.73 bits per heavy atom. The number of aromatic nitrogens is 1. The monoisotopic (exact) mass is 520 g/mol. The van der Waals surface area contributed by atoms with E-state index in [1.807, 2.05) is 72.6 Å². The third-order valence-electron chi connectivity index (χ3n) is 6.41. The third-order valence-corrected chi connectivity index (χ3v) is 6.60. The van der Waals surface area contributed by atoms with Crippen molar-refractivity contribution in [1.29, 1.82) is 0 Å². The molecule has 0 spiro atoms. The summed E-state index contributed by atoms with van der Waals surface area (Å²) in [6.07, 6.45) is 4.24. The molecule has 194 valence electrons. The van der Waals surface area contributed by atoms with Gasteiger partial charge in [-0.25, -0.2) is 0 Å². The Morgan fingerprint density at radius 3 is 2.41 bits per heavy atom. The van der Waals surface area contributed by atoms with Crippen LogP contribution in [0.25, 0.3) is 10.9 Å². The van der Waals surface area contributed by atoms with Gasteiger partial charge in [-0.1, -0.05) is 30.3 Å². The highest BCUT2D eigenvalue weighted by Crippen LogP contribution is 2.20. The van der Waals surface area contributed by atoms with Crippen LogP contribution in [0.2, 0.25) is 0 Å². The predicted octanol–water partition coefficient (Wildman–Crippen LogP) is 5.05. The van der Waals surface area contributed by atoms with Gasteiger partial charge in [0.2, 0.25) is 11.8 Å². The summed E-state index contributed by atoms with van der Waals surface area (Å²) in [7, 11) is 3.99. The highest BCUT2D eigenvalue weighted by atomic mass is 35.5. The first kappa shape index (κ1) is 26.4. The SMILES string of the molecule is CC(Cl)C(=O)N(CC(=O)N(CCc1c[nH]c2ccccc12)Cc1ccc(N(C)C)cc1)Cc1ccco1. The van der Waals surface area contributed by atoms with Gasteiger partial charge in [-0.05, 0) is 54.8 Å². The Labute approximate surface area is 222 Å². The fourth-order valence-corrected chi connectivity index (χ4v) is 4.46. The number of rotatable bonds is 11. The van der Waals surface area contributed by atoms with Crippen LogP contribution in [0.5, 0.6) is 0 Å². The molecule has 0 bridgehead atoms. The predicted molar refractivity (Wildman–Crippen MR) is 148 cm³/mol. The second kappa shape index (κ2) is 12.0. The first-order chi connectivity index (χ1) is 17.8. The number of amides is 2. The molecule has 0 aliphatic heterocycles.